The third-order valence-corrected chi connectivity index (χ3v) is 3.24. The summed E-state index contributed by atoms with van der Waals surface area (Å²) in [6.07, 6.45) is 2.73. The molecule has 1 saturated heterocycles. The molecule has 0 aromatic rings. The van der Waals surface area contributed by atoms with E-state index in [1.165, 1.54) is 18.6 Å². The minimum atomic E-state index is 0.702. The van der Waals surface area contributed by atoms with Gasteiger partial charge in [0, 0.05) is 23.4 Å². The molecule has 64 valence electrons. The molecule has 1 N–H and O–H groups in total. The number of thioether (sulfide) groups is 1. The standard InChI is InChI=1S/C8H14ClNS/c1-7(9)5-10-6-8-3-2-4-11-8/h8,10H,1-6H2. The van der Waals surface area contributed by atoms with Crippen LogP contribution in [0.5, 0.6) is 0 Å². The maximum Gasteiger partial charge on any atom is 0.0307 e. The summed E-state index contributed by atoms with van der Waals surface area (Å²) in [5, 5.41) is 4.79. The Bertz CT molecular complexity index is 132. The lowest BCUT2D eigenvalue weighted by Gasteiger charge is -2.08. The van der Waals surface area contributed by atoms with E-state index in [1.807, 2.05) is 0 Å². The molecule has 11 heavy (non-hydrogen) atoms. The first kappa shape index (κ1) is 9.43. The van der Waals surface area contributed by atoms with Crippen LogP contribution in [0.15, 0.2) is 11.6 Å². The molecule has 1 fully saturated rings. The molecule has 0 bridgehead atoms. The van der Waals surface area contributed by atoms with Crippen molar-refractivity contribution in [3.8, 4) is 0 Å². The lowest BCUT2D eigenvalue weighted by molar-refractivity contribution is 0.681. The molecule has 1 unspecified atom stereocenters. The van der Waals surface area contributed by atoms with Gasteiger partial charge in [0.1, 0.15) is 0 Å². The maximum atomic E-state index is 5.60. The van der Waals surface area contributed by atoms with E-state index in [9.17, 15) is 0 Å². The van der Waals surface area contributed by atoms with Crippen LogP contribution in [0, 0.1) is 0 Å². The Kier molecular flexibility index (Phi) is 4.34. The number of nitrogens with one attached hydrogen (secondary N) is 1. The molecular formula is C8H14ClNS. The van der Waals surface area contributed by atoms with Gasteiger partial charge in [0.2, 0.25) is 0 Å². The molecule has 0 aliphatic carbocycles. The molecule has 1 aliphatic heterocycles. The van der Waals surface area contributed by atoms with Crippen LogP contribution < -0.4 is 5.32 Å². The third-order valence-electron chi connectivity index (χ3n) is 1.71. The summed E-state index contributed by atoms with van der Waals surface area (Å²) in [6, 6.07) is 0. The fourth-order valence-corrected chi connectivity index (χ4v) is 2.50. The molecule has 3 heteroatoms. The number of rotatable bonds is 4. The zero-order valence-electron chi connectivity index (χ0n) is 6.61. The lowest BCUT2D eigenvalue weighted by Crippen LogP contribution is -2.24. The summed E-state index contributed by atoms with van der Waals surface area (Å²) in [7, 11) is 0. The van der Waals surface area contributed by atoms with Crippen LogP contribution in [0.25, 0.3) is 0 Å². The third kappa shape index (κ3) is 4.04. The Morgan fingerprint density at radius 3 is 3.09 bits per heavy atom. The molecular weight excluding hydrogens is 178 g/mol. The lowest BCUT2D eigenvalue weighted by atomic mass is 10.2. The highest BCUT2D eigenvalue weighted by atomic mass is 35.5. The van der Waals surface area contributed by atoms with Crippen molar-refractivity contribution in [3.63, 3.8) is 0 Å². The molecule has 0 radical (unpaired) electrons. The van der Waals surface area contributed by atoms with Crippen LogP contribution >= 0.6 is 23.4 Å². The van der Waals surface area contributed by atoms with Crippen molar-refractivity contribution >= 4 is 23.4 Å². The van der Waals surface area contributed by atoms with Gasteiger partial charge in [-0.25, -0.2) is 0 Å². The smallest absolute Gasteiger partial charge is 0.0307 e. The normalized spacial score (nSPS) is 23.9. The predicted molar refractivity (Wildman–Crippen MR) is 53.3 cm³/mol. The van der Waals surface area contributed by atoms with E-state index in [0.717, 1.165) is 18.3 Å². The molecule has 1 aliphatic rings. The van der Waals surface area contributed by atoms with Gasteiger partial charge < -0.3 is 5.32 Å². The maximum absolute atomic E-state index is 5.60. The molecule has 1 atom stereocenters. The molecule has 0 aromatic carbocycles. The number of halogens is 1. The predicted octanol–water partition coefficient (Wildman–Crippen LogP) is 2.22. The van der Waals surface area contributed by atoms with Gasteiger partial charge in [0.15, 0.2) is 0 Å². The molecule has 0 amide bonds. The topological polar surface area (TPSA) is 12.0 Å². The second-order valence-electron chi connectivity index (χ2n) is 2.78. The van der Waals surface area contributed by atoms with E-state index >= 15 is 0 Å². The highest BCUT2D eigenvalue weighted by Crippen LogP contribution is 2.25. The van der Waals surface area contributed by atoms with Gasteiger partial charge in [-0.1, -0.05) is 18.2 Å². The second-order valence-corrected chi connectivity index (χ2v) is 4.73. The summed E-state index contributed by atoms with van der Waals surface area (Å²) in [5.74, 6) is 1.33. The fraction of sp³-hybridized carbons (Fsp3) is 0.750. The molecule has 1 nitrogen and oxygen atoms in total. The molecule has 0 saturated carbocycles. The van der Waals surface area contributed by atoms with E-state index < -0.39 is 0 Å². The largest absolute Gasteiger partial charge is 0.311 e. The Morgan fingerprint density at radius 1 is 1.73 bits per heavy atom. The van der Waals surface area contributed by atoms with E-state index in [1.54, 1.807) is 0 Å². The van der Waals surface area contributed by atoms with Crippen LogP contribution in [-0.4, -0.2) is 24.1 Å². The van der Waals surface area contributed by atoms with Crippen molar-refractivity contribution in [2.75, 3.05) is 18.8 Å². The van der Waals surface area contributed by atoms with Crippen LogP contribution in [-0.2, 0) is 0 Å². The van der Waals surface area contributed by atoms with E-state index in [4.69, 9.17) is 11.6 Å². The van der Waals surface area contributed by atoms with E-state index in [2.05, 4.69) is 23.7 Å². The van der Waals surface area contributed by atoms with E-state index in [0.29, 0.717) is 5.03 Å². The van der Waals surface area contributed by atoms with E-state index in [-0.39, 0.29) is 0 Å². The second kappa shape index (κ2) is 5.07. The Labute approximate surface area is 77.6 Å². The van der Waals surface area contributed by atoms with Gasteiger partial charge in [-0.15, -0.1) is 0 Å². The minimum Gasteiger partial charge on any atom is -0.311 e. The zero-order valence-corrected chi connectivity index (χ0v) is 8.18. The highest BCUT2D eigenvalue weighted by molar-refractivity contribution is 8.00. The van der Waals surface area contributed by atoms with Crippen LogP contribution in [0.4, 0.5) is 0 Å². The van der Waals surface area contributed by atoms with Crippen molar-refractivity contribution in [1.29, 1.82) is 0 Å². The van der Waals surface area contributed by atoms with Crippen molar-refractivity contribution in [3.05, 3.63) is 11.6 Å². The first-order chi connectivity index (χ1) is 5.29. The molecule has 1 rings (SSSR count). The summed E-state index contributed by atoms with van der Waals surface area (Å²) < 4.78 is 0. The van der Waals surface area contributed by atoms with Crippen molar-refractivity contribution in [1.82, 2.24) is 5.32 Å². The van der Waals surface area contributed by atoms with Crippen LogP contribution in [0.1, 0.15) is 12.8 Å². The number of hydrogen-bond donors (Lipinski definition) is 1. The molecule has 0 spiro atoms. The highest BCUT2D eigenvalue weighted by Gasteiger charge is 2.14. The Hall–Kier alpha value is 0.340. The SMILES string of the molecule is C=C(Cl)CNCC1CCCS1. The van der Waals surface area contributed by atoms with Crippen molar-refractivity contribution in [2.45, 2.75) is 18.1 Å². The average Bonchev–Trinajstić information content (AvgIpc) is 2.39. The van der Waals surface area contributed by atoms with Gasteiger partial charge in [0.25, 0.3) is 0 Å². The average molecular weight is 192 g/mol. The summed E-state index contributed by atoms with van der Waals surface area (Å²) in [6.45, 7) is 5.44. The molecule has 0 aromatic heterocycles. The zero-order chi connectivity index (χ0) is 8.10. The summed E-state index contributed by atoms with van der Waals surface area (Å²) in [4.78, 5) is 0. The quantitative estimate of drug-likeness (QED) is 0.732. The van der Waals surface area contributed by atoms with Gasteiger partial charge in [-0.3, -0.25) is 0 Å². The number of hydrogen-bond acceptors (Lipinski definition) is 2. The van der Waals surface area contributed by atoms with Gasteiger partial charge in [0.05, 0.1) is 0 Å². The van der Waals surface area contributed by atoms with Gasteiger partial charge >= 0.3 is 0 Å². The monoisotopic (exact) mass is 191 g/mol. The van der Waals surface area contributed by atoms with Crippen molar-refractivity contribution in [2.24, 2.45) is 0 Å². The van der Waals surface area contributed by atoms with Gasteiger partial charge in [-0.2, -0.15) is 11.8 Å². The first-order valence-corrected chi connectivity index (χ1v) is 5.37. The van der Waals surface area contributed by atoms with Gasteiger partial charge in [-0.05, 0) is 18.6 Å². The Morgan fingerprint density at radius 2 is 2.55 bits per heavy atom. The Balaban J connectivity index is 1.98. The van der Waals surface area contributed by atoms with Crippen molar-refractivity contribution < 1.29 is 0 Å². The fourth-order valence-electron chi connectivity index (χ4n) is 1.17. The molecule has 1 heterocycles. The van der Waals surface area contributed by atoms with Crippen LogP contribution in [0.3, 0.4) is 0 Å². The minimum absolute atomic E-state index is 0.702. The summed E-state index contributed by atoms with van der Waals surface area (Å²) in [5.41, 5.74) is 0. The first-order valence-electron chi connectivity index (χ1n) is 3.94. The summed E-state index contributed by atoms with van der Waals surface area (Å²) >= 11 is 7.66. The van der Waals surface area contributed by atoms with Crippen LogP contribution in [0.2, 0.25) is 0 Å².